The number of aromatic amines is 1. The molecule has 27 heavy (non-hydrogen) atoms. The predicted octanol–water partition coefficient (Wildman–Crippen LogP) is 1.93. The van der Waals surface area contributed by atoms with Crippen molar-refractivity contribution in [2.75, 3.05) is 26.2 Å². The van der Waals surface area contributed by atoms with Crippen molar-refractivity contribution < 1.29 is 18.7 Å². The minimum atomic E-state index is -0.484. The van der Waals surface area contributed by atoms with Crippen molar-refractivity contribution >= 4 is 22.8 Å². The average molecular weight is 376 g/mol. The summed E-state index contributed by atoms with van der Waals surface area (Å²) in [5.41, 5.74) is 1.22. The van der Waals surface area contributed by atoms with E-state index in [1.807, 2.05) is 4.90 Å². The molecule has 2 heterocycles. The topological polar surface area (TPSA) is 78.5 Å². The van der Waals surface area contributed by atoms with E-state index < -0.39 is 6.04 Å². The van der Waals surface area contributed by atoms with Gasteiger partial charge in [-0.3, -0.25) is 9.59 Å². The number of H-pyrrole nitrogens is 1. The number of ether oxygens (including phenoxy) is 1. The Hall–Kier alpha value is -2.48. The van der Waals surface area contributed by atoms with Crippen LogP contribution in [0.15, 0.2) is 18.2 Å². The van der Waals surface area contributed by atoms with Crippen LogP contribution < -0.4 is 0 Å². The van der Waals surface area contributed by atoms with Crippen molar-refractivity contribution in [2.24, 2.45) is 5.92 Å². The quantitative estimate of drug-likeness (QED) is 0.836. The second kappa shape index (κ2) is 8.04. The highest BCUT2D eigenvalue weighted by Gasteiger charge is 2.34. The summed E-state index contributed by atoms with van der Waals surface area (Å²) in [5, 5.41) is 0. The van der Waals surface area contributed by atoms with Crippen LogP contribution in [0.25, 0.3) is 11.0 Å². The molecule has 2 aromatic rings. The first kappa shape index (κ1) is 19.3. The number of hydrogen-bond donors (Lipinski definition) is 1. The molecule has 1 aliphatic heterocycles. The van der Waals surface area contributed by atoms with Crippen LogP contribution in [0.4, 0.5) is 4.39 Å². The standard InChI is InChI=1S/C19H25FN4O3/c1-12(2)9-23-6-7-24(13(3)19(23)26)18(25)11-27-10-17-21-15-5-4-14(20)8-16(15)22-17/h4-5,8,12-13H,6-7,9-11H2,1-3H3,(H,21,22)/t13-/m1/s1. The lowest BCUT2D eigenvalue weighted by Gasteiger charge is -2.39. The monoisotopic (exact) mass is 376 g/mol. The Morgan fingerprint density at radius 3 is 2.93 bits per heavy atom. The summed E-state index contributed by atoms with van der Waals surface area (Å²) < 4.78 is 18.7. The van der Waals surface area contributed by atoms with Crippen LogP contribution in [0.1, 0.15) is 26.6 Å². The number of imidazole rings is 1. The first-order chi connectivity index (χ1) is 12.8. The van der Waals surface area contributed by atoms with Gasteiger partial charge in [-0.25, -0.2) is 9.37 Å². The fourth-order valence-electron chi connectivity index (χ4n) is 3.31. The van der Waals surface area contributed by atoms with Crippen LogP contribution in [0.3, 0.4) is 0 Å². The molecule has 8 heteroatoms. The lowest BCUT2D eigenvalue weighted by Crippen LogP contribution is -2.58. The van der Waals surface area contributed by atoms with Crippen molar-refractivity contribution in [3.05, 3.63) is 29.8 Å². The molecule has 0 saturated carbocycles. The van der Waals surface area contributed by atoms with Gasteiger partial charge in [0.2, 0.25) is 11.8 Å². The molecule has 0 spiro atoms. The molecule has 0 aliphatic carbocycles. The van der Waals surface area contributed by atoms with E-state index in [1.54, 1.807) is 17.9 Å². The first-order valence-corrected chi connectivity index (χ1v) is 9.15. The van der Waals surface area contributed by atoms with Crippen LogP contribution in [-0.4, -0.2) is 63.9 Å². The molecule has 0 radical (unpaired) electrons. The molecule has 7 nitrogen and oxygen atoms in total. The summed E-state index contributed by atoms with van der Waals surface area (Å²) in [7, 11) is 0. The highest BCUT2D eigenvalue weighted by Crippen LogP contribution is 2.15. The maximum atomic E-state index is 13.2. The zero-order chi connectivity index (χ0) is 19.6. The van der Waals surface area contributed by atoms with E-state index in [4.69, 9.17) is 4.74 Å². The number of halogens is 1. The molecule has 1 N–H and O–H groups in total. The zero-order valence-electron chi connectivity index (χ0n) is 15.9. The molecule has 146 valence electrons. The fraction of sp³-hybridized carbons (Fsp3) is 0.526. The summed E-state index contributed by atoms with van der Waals surface area (Å²) in [5.74, 6) is 0.326. The van der Waals surface area contributed by atoms with Crippen LogP contribution in [-0.2, 0) is 20.9 Å². The van der Waals surface area contributed by atoms with E-state index in [9.17, 15) is 14.0 Å². The van der Waals surface area contributed by atoms with Gasteiger partial charge in [-0.15, -0.1) is 0 Å². The molecule has 1 aliphatic rings. The van der Waals surface area contributed by atoms with Crippen LogP contribution in [0.2, 0.25) is 0 Å². The highest BCUT2D eigenvalue weighted by molar-refractivity contribution is 5.89. The number of nitrogens with one attached hydrogen (secondary N) is 1. The number of amides is 2. The summed E-state index contributed by atoms with van der Waals surface area (Å²) in [4.78, 5) is 35.5. The molecule has 2 amide bonds. The Morgan fingerprint density at radius 2 is 2.19 bits per heavy atom. The molecule has 0 bridgehead atoms. The van der Waals surface area contributed by atoms with Crippen molar-refractivity contribution in [2.45, 2.75) is 33.4 Å². The normalized spacial score (nSPS) is 18.0. The molecule has 1 aromatic carbocycles. The van der Waals surface area contributed by atoms with Gasteiger partial charge in [-0.1, -0.05) is 13.8 Å². The Balaban J connectivity index is 1.52. The number of hydrogen-bond acceptors (Lipinski definition) is 4. The van der Waals surface area contributed by atoms with Crippen molar-refractivity contribution in [3.8, 4) is 0 Å². The SMILES string of the molecule is CC(C)CN1CCN(C(=O)COCc2nc3ccc(F)cc3[nH]2)[C@H](C)C1=O. The van der Waals surface area contributed by atoms with Gasteiger partial charge in [0.25, 0.3) is 0 Å². The van der Waals surface area contributed by atoms with Crippen molar-refractivity contribution in [1.29, 1.82) is 0 Å². The number of piperazine rings is 1. The summed E-state index contributed by atoms with van der Waals surface area (Å²) in [6.07, 6.45) is 0. The predicted molar refractivity (Wildman–Crippen MR) is 98.3 cm³/mol. The van der Waals surface area contributed by atoms with Gasteiger partial charge in [-0.2, -0.15) is 0 Å². The third-order valence-corrected chi connectivity index (χ3v) is 4.61. The second-order valence-corrected chi connectivity index (χ2v) is 7.28. The van der Waals surface area contributed by atoms with Gasteiger partial charge in [-0.05, 0) is 31.0 Å². The van der Waals surface area contributed by atoms with E-state index in [-0.39, 0.29) is 30.8 Å². The Kier molecular flexibility index (Phi) is 5.74. The molecule has 1 aromatic heterocycles. The minimum Gasteiger partial charge on any atom is -0.364 e. The summed E-state index contributed by atoms with van der Waals surface area (Å²) in [6, 6.07) is 3.80. The van der Waals surface area contributed by atoms with E-state index in [2.05, 4.69) is 23.8 Å². The summed E-state index contributed by atoms with van der Waals surface area (Å²) >= 11 is 0. The van der Waals surface area contributed by atoms with E-state index >= 15 is 0 Å². The van der Waals surface area contributed by atoms with Gasteiger partial charge >= 0.3 is 0 Å². The van der Waals surface area contributed by atoms with Crippen molar-refractivity contribution in [1.82, 2.24) is 19.8 Å². The second-order valence-electron chi connectivity index (χ2n) is 7.28. The van der Waals surface area contributed by atoms with E-state index in [0.717, 1.165) is 0 Å². The van der Waals surface area contributed by atoms with Crippen LogP contribution in [0, 0.1) is 11.7 Å². The fourth-order valence-corrected chi connectivity index (χ4v) is 3.31. The van der Waals surface area contributed by atoms with E-state index in [1.165, 1.54) is 12.1 Å². The zero-order valence-corrected chi connectivity index (χ0v) is 15.9. The minimum absolute atomic E-state index is 0.0254. The molecular formula is C19H25FN4O3. The third kappa shape index (κ3) is 4.44. The number of rotatable bonds is 6. The Labute approximate surface area is 157 Å². The largest absolute Gasteiger partial charge is 0.364 e. The van der Waals surface area contributed by atoms with Crippen LogP contribution in [0.5, 0.6) is 0 Å². The number of carbonyl (C=O) groups excluding carboxylic acids is 2. The van der Waals surface area contributed by atoms with Gasteiger partial charge < -0.3 is 19.5 Å². The molecule has 3 rings (SSSR count). The number of aromatic nitrogens is 2. The van der Waals surface area contributed by atoms with Gasteiger partial charge in [0, 0.05) is 19.6 Å². The highest BCUT2D eigenvalue weighted by atomic mass is 19.1. The first-order valence-electron chi connectivity index (χ1n) is 9.15. The summed E-state index contributed by atoms with van der Waals surface area (Å²) in [6.45, 7) is 7.61. The Bertz CT molecular complexity index is 835. The third-order valence-electron chi connectivity index (χ3n) is 4.61. The lowest BCUT2D eigenvalue weighted by atomic mass is 10.1. The molecule has 0 unspecified atom stereocenters. The maximum Gasteiger partial charge on any atom is 0.249 e. The molecule has 1 saturated heterocycles. The van der Waals surface area contributed by atoms with Crippen LogP contribution >= 0.6 is 0 Å². The van der Waals surface area contributed by atoms with Crippen molar-refractivity contribution in [3.63, 3.8) is 0 Å². The number of nitrogens with zero attached hydrogens (tertiary/aromatic N) is 3. The van der Waals surface area contributed by atoms with Gasteiger partial charge in [0.1, 0.15) is 30.9 Å². The van der Waals surface area contributed by atoms with Gasteiger partial charge in [0.15, 0.2) is 0 Å². The molecular weight excluding hydrogens is 351 g/mol. The number of benzene rings is 1. The molecule has 1 atom stereocenters. The average Bonchev–Trinajstić information content (AvgIpc) is 3.00. The smallest absolute Gasteiger partial charge is 0.249 e. The number of fused-ring (bicyclic) bond motifs is 1. The van der Waals surface area contributed by atoms with Gasteiger partial charge in [0.05, 0.1) is 11.0 Å². The Morgan fingerprint density at radius 1 is 1.41 bits per heavy atom. The molecule has 1 fully saturated rings. The van der Waals surface area contributed by atoms with E-state index in [0.29, 0.717) is 42.4 Å². The maximum absolute atomic E-state index is 13.2. The number of carbonyl (C=O) groups is 2. The lowest BCUT2D eigenvalue weighted by molar-refractivity contribution is -0.153.